The lowest BCUT2D eigenvalue weighted by Gasteiger charge is -2.35. The summed E-state index contributed by atoms with van der Waals surface area (Å²) >= 11 is 0. The summed E-state index contributed by atoms with van der Waals surface area (Å²) in [5.74, 6) is 0.876. The van der Waals surface area contributed by atoms with Crippen molar-refractivity contribution in [2.75, 3.05) is 19.6 Å². The SMILES string of the molecule is CCNC(=NCc1ccccc1CN1CC(C)OC(C)C1)NC(C)C. The van der Waals surface area contributed by atoms with E-state index in [-0.39, 0.29) is 0 Å². The Bertz CT molecular complexity index is 548. The summed E-state index contributed by atoms with van der Waals surface area (Å²) in [6.07, 6.45) is 0.592. The summed E-state index contributed by atoms with van der Waals surface area (Å²) in [6.45, 7) is 15.1. The maximum atomic E-state index is 5.85. The van der Waals surface area contributed by atoms with Gasteiger partial charge in [0.25, 0.3) is 0 Å². The summed E-state index contributed by atoms with van der Waals surface area (Å²) < 4.78 is 5.85. The maximum Gasteiger partial charge on any atom is 0.191 e. The van der Waals surface area contributed by atoms with E-state index in [1.165, 1.54) is 11.1 Å². The normalized spacial score (nSPS) is 22.2. The van der Waals surface area contributed by atoms with Crippen molar-refractivity contribution in [2.45, 2.75) is 66.0 Å². The smallest absolute Gasteiger partial charge is 0.191 e. The van der Waals surface area contributed by atoms with Crippen LogP contribution in [0, 0.1) is 0 Å². The van der Waals surface area contributed by atoms with Crippen LogP contribution in [0.25, 0.3) is 0 Å². The quantitative estimate of drug-likeness (QED) is 0.614. The van der Waals surface area contributed by atoms with E-state index in [0.29, 0.717) is 24.8 Å². The van der Waals surface area contributed by atoms with Gasteiger partial charge in [0, 0.05) is 32.2 Å². The zero-order chi connectivity index (χ0) is 18.2. The maximum absolute atomic E-state index is 5.85. The number of benzene rings is 1. The highest BCUT2D eigenvalue weighted by molar-refractivity contribution is 5.80. The molecule has 0 amide bonds. The monoisotopic (exact) mass is 346 g/mol. The van der Waals surface area contributed by atoms with E-state index in [2.05, 4.69) is 74.4 Å². The number of aliphatic imine (C=N–C) groups is 1. The van der Waals surface area contributed by atoms with Gasteiger partial charge < -0.3 is 15.4 Å². The van der Waals surface area contributed by atoms with Crippen molar-refractivity contribution in [3.63, 3.8) is 0 Å². The predicted molar refractivity (Wildman–Crippen MR) is 105 cm³/mol. The minimum Gasteiger partial charge on any atom is -0.373 e. The van der Waals surface area contributed by atoms with Crippen LogP contribution < -0.4 is 10.6 Å². The van der Waals surface area contributed by atoms with Gasteiger partial charge in [-0.2, -0.15) is 0 Å². The molecule has 0 aliphatic carbocycles. The third-order valence-corrected chi connectivity index (χ3v) is 4.18. The van der Waals surface area contributed by atoms with Crippen molar-refractivity contribution in [3.8, 4) is 0 Å². The second kappa shape index (κ2) is 9.78. The standard InChI is InChI=1S/C20H34N4O/c1-6-21-20(23-15(2)3)22-11-18-9-7-8-10-19(18)14-24-12-16(4)25-17(5)13-24/h7-10,15-17H,6,11-14H2,1-5H3,(H2,21,22,23). The first-order valence-corrected chi connectivity index (χ1v) is 9.47. The van der Waals surface area contributed by atoms with Crippen LogP contribution in [0.3, 0.4) is 0 Å². The third-order valence-electron chi connectivity index (χ3n) is 4.18. The molecule has 1 aromatic carbocycles. The molecule has 0 bridgehead atoms. The molecule has 140 valence electrons. The first-order chi connectivity index (χ1) is 12.0. The van der Waals surface area contributed by atoms with Crippen LogP contribution >= 0.6 is 0 Å². The van der Waals surface area contributed by atoms with Gasteiger partial charge in [0.2, 0.25) is 0 Å². The molecule has 1 aromatic rings. The molecule has 1 fully saturated rings. The van der Waals surface area contributed by atoms with E-state index < -0.39 is 0 Å². The number of ether oxygens (including phenoxy) is 1. The lowest BCUT2D eigenvalue weighted by molar-refractivity contribution is -0.0705. The Hall–Kier alpha value is -1.59. The Kier molecular flexibility index (Phi) is 7.72. The molecule has 0 aromatic heterocycles. The molecule has 2 unspecified atom stereocenters. The fourth-order valence-corrected chi connectivity index (χ4v) is 3.28. The van der Waals surface area contributed by atoms with E-state index in [9.17, 15) is 0 Å². The fourth-order valence-electron chi connectivity index (χ4n) is 3.28. The predicted octanol–water partition coefficient (Wildman–Crippen LogP) is 2.76. The zero-order valence-electron chi connectivity index (χ0n) is 16.4. The molecule has 0 saturated carbocycles. The first-order valence-electron chi connectivity index (χ1n) is 9.47. The molecule has 2 N–H and O–H groups in total. The van der Waals surface area contributed by atoms with Crippen LogP contribution in [0.15, 0.2) is 29.3 Å². The average molecular weight is 347 g/mol. The molecule has 0 radical (unpaired) electrons. The molecule has 2 atom stereocenters. The molecule has 1 saturated heterocycles. The number of rotatable bonds is 6. The fraction of sp³-hybridized carbons (Fsp3) is 0.650. The summed E-state index contributed by atoms with van der Waals surface area (Å²) in [5.41, 5.74) is 2.64. The molecule has 5 heteroatoms. The largest absolute Gasteiger partial charge is 0.373 e. The van der Waals surface area contributed by atoms with Crippen LogP contribution in [0.1, 0.15) is 45.7 Å². The van der Waals surface area contributed by atoms with Gasteiger partial charge in [-0.25, -0.2) is 4.99 Å². The van der Waals surface area contributed by atoms with Crippen LogP contribution in [-0.2, 0) is 17.8 Å². The minimum atomic E-state index is 0.296. The molecule has 1 heterocycles. The Morgan fingerprint density at radius 2 is 1.84 bits per heavy atom. The van der Waals surface area contributed by atoms with Crippen molar-refractivity contribution in [1.82, 2.24) is 15.5 Å². The van der Waals surface area contributed by atoms with E-state index in [4.69, 9.17) is 9.73 Å². The lowest BCUT2D eigenvalue weighted by atomic mass is 10.1. The zero-order valence-corrected chi connectivity index (χ0v) is 16.4. The number of morpholine rings is 1. The number of hydrogen-bond acceptors (Lipinski definition) is 3. The molecule has 1 aliphatic heterocycles. The lowest BCUT2D eigenvalue weighted by Crippen LogP contribution is -2.44. The highest BCUT2D eigenvalue weighted by Crippen LogP contribution is 2.17. The van der Waals surface area contributed by atoms with Crippen LogP contribution in [0.2, 0.25) is 0 Å². The Morgan fingerprint density at radius 3 is 2.44 bits per heavy atom. The van der Waals surface area contributed by atoms with E-state index >= 15 is 0 Å². The molecule has 2 rings (SSSR count). The second-order valence-electron chi connectivity index (χ2n) is 7.21. The first kappa shape index (κ1) is 19.7. The minimum absolute atomic E-state index is 0.296. The molecule has 1 aliphatic rings. The topological polar surface area (TPSA) is 48.9 Å². The second-order valence-corrected chi connectivity index (χ2v) is 7.21. The van der Waals surface area contributed by atoms with Crippen molar-refractivity contribution in [3.05, 3.63) is 35.4 Å². The van der Waals surface area contributed by atoms with Crippen LogP contribution in [0.4, 0.5) is 0 Å². The number of nitrogens with zero attached hydrogens (tertiary/aromatic N) is 2. The van der Waals surface area contributed by atoms with Gasteiger partial charge >= 0.3 is 0 Å². The Morgan fingerprint density at radius 1 is 1.20 bits per heavy atom. The van der Waals surface area contributed by atoms with Gasteiger partial charge in [0.15, 0.2) is 5.96 Å². The van der Waals surface area contributed by atoms with Crippen molar-refractivity contribution in [1.29, 1.82) is 0 Å². The molecular weight excluding hydrogens is 312 g/mol. The highest BCUT2D eigenvalue weighted by atomic mass is 16.5. The number of guanidine groups is 1. The van der Waals surface area contributed by atoms with Crippen molar-refractivity contribution < 1.29 is 4.74 Å². The molecular formula is C20H34N4O. The van der Waals surface area contributed by atoms with Crippen molar-refractivity contribution >= 4 is 5.96 Å². The Labute approximate surface area is 152 Å². The van der Waals surface area contributed by atoms with E-state index in [1.54, 1.807) is 0 Å². The van der Waals surface area contributed by atoms with Gasteiger partial charge in [0.1, 0.15) is 0 Å². The van der Waals surface area contributed by atoms with Crippen LogP contribution in [-0.4, -0.2) is 48.7 Å². The summed E-state index contributed by atoms with van der Waals surface area (Å²) in [6, 6.07) is 8.99. The average Bonchev–Trinajstić information content (AvgIpc) is 2.52. The van der Waals surface area contributed by atoms with Gasteiger partial charge in [0.05, 0.1) is 18.8 Å². The molecule has 5 nitrogen and oxygen atoms in total. The summed E-state index contributed by atoms with van der Waals surface area (Å²) in [4.78, 5) is 7.24. The van der Waals surface area contributed by atoms with Crippen LogP contribution in [0.5, 0.6) is 0 Å². The summed E-state index contributed by atoms with van der Waals surface area (Å²) in [5, 5.41) is 6.68. The number of nitrogens with one attached hydrogen (secondary N) is 2. The number of hydrogen-bond donors (Lipinski definition) is 2. The van der Waals surface area contributed by atoms with Crippen molar-refractivity contribution in [2.24, 2.45) is 4.99 Å². The van der Waals surface area contributed by atoms with Gasteiger partial charge in [-0.05, 0) is 45.7 Å². The molecule has 25 heavy (non-hydrogen) atoms. The Balaban J connectivity index is 2.06. The van der Waals surface area contributed by atoms with E-state index in [1.807, 2.05) is 0 Å². The third kappa shape index (κ3) is 6.67. The molecule has 0 spiro atoms. The van der Waals surface area contributed by atoms with Gasteiger partial charge in [-0.1, -0.05) is 24.3 Å². The summed E-state index contributed by atoms with van der Waals surface area (Å²) in [7, 11) is 0. The highest BCUT2D eigenvalue weighted by Gasteiger charge is 2.22. The van der Waals surface area contributed by atoms with Gasteiger partial charge in [-0.15, -0.1) is 0 Å². The van der Waals surface area contributed by atoms with Gasteiger partial charge in [-0.3, -0.25) is 4.90 Å². The van der Waals surface area contributed by atoms with E-state index in [0.717, 1.165) is 32.1 Å².